The Morgan fingerprint density at radius 2 is 1.38 bits per heavy atom. The Balaban J connectivity index is 0.000000350. The molecule has 0 fully saturated rings. The normalized spacial score (nSPS) is 10.7. The van der Waals surface area contributed by atoms with Gasteiger partial charge in [0, 0.05) is 11.9 Å². The Kier molecular flexibility index (Phi) is 12.9. The molecule has 0 unspecified atom stereocenters. The zero-order valence-electron chi connectivity index (χ0n) is 16.0. The Morgan fingerprint density at radius 3 is 1.96 bits per heavy atom. The van der Waals surface area contributed by atoms with Crippen molar-refractivity contribution in [3.63, 3.8) is 0 Å². The molecule has 2 heteroatoms. The van der Waals surface area contributed by atoms with E-state index >= 15 is 0 Å². The second kappa shape index (κ2) is 15.2. The van der Waals surface area contributed by atoms with Gasteiger partial charge in [0.2, 0.25) is 0 Å². The SMILES string of the molecule is CCc1ccc(CNCC/C=C\C=C/C=S)cc1.CCc1ccccc1. The van der Waals surface area contributed by atoms with Crippen LogP contribution in [0.5, 0.6) is 0 Å². The van der Waals surface area contributed by atoms with E-state index < -0.39 is 0 Å². The van der Waals surface area contributed by atoms with E-state index in [-0.39, 0.29) is 0 Å². The maximum Gasteiger partial charge on any atom is 0.0205 e. The van der Waals surface area contributed by atoms with Gasteiger partial charge >= 0.3 is 0 Å². The van der Waals surface area contributed by atoms with E-state index in [2.05, 4.69) is 86.0 Å². The van der Waals surface area contributed by atoms with Crippen molar-refractivity contribution in [2.45, 2.75) is 39.7 Å². The number of rotatable bonds is 9. The highest BCUT2D eigenvalue weighted by atomic mass is 32.1. The summed E-state index contributed by atoms with van der Waals surface area (Å²) in [5.41, 5.74) is 4.15. The third kappa shape index (κ3) is 10.8. The van der Waals surface area contributed by atoms with Crippen molar-refractivity contribution in [1.29, 1.82) is 0 Å². The van der Waals surface area contributed by atoms with Gasteiger partial charge in [0.1, 0.15) is 0 Å². The third-order valence-corrected chi connectivity index (χ3v) is 4.09. The maximum atomic E-state index is 4.69. The largest absolute Gasteiger partial charge is 0.312 e. The molecule has 0 heterocycles. The third-order valence-electron chi connectivity index (χ3n) is 3.94. The molecule has 0 aliphatic carbocycles. The van der Waals surface area contributed by atoms with Gasteiger partial charge in [-0.05, 0) is 42.5 Å². The molecule has 0 aliphatic rings. The summed E-state index contributed by atoms with van der Waals surface area (Å²) >= 11 is 4.69. The van der Waals surface area contributed by atoms with Crippen LogP contribution in [0.1, 0.15) is 37.0 Å². The van der Waals surface area contributed by atoms with Crippen LogP contribution in [-0.4, -0.2) is 11.9 Å². The van der Waals surface area contributed by atoms with Gasteiger partial charge in [0.25, 0.3) is 0 Å². The summed E-state index contributed by atoms with van der Waals surface area (Å²) in [6, 6.07) is 19.3. The minimum absolute atomic E-state index is 0.938. The fourth-order valence-corrected chi connectivity index (χ4v) is 2.40. The summed E-state index contributed by atoms with van der Waals surface area (Å²) in [4.78, 5) is 0. The molecule has 2 aromatic carbocycles. The Bertz CT molecular complexity index is 642. The van der Waals surface area contributed by atoms with Crippen molar-refractivity contribution in [3.8, 4) is 0 Å². The van der Waals surface area contributed by atoms with Crippen LogP contribution in [0.2, 0.25) is 0 Å². The van der Waals surface area contributed by atoms with Crippen molar-refractivity contribution in [3.05, 3.63) is 95.6 Å². The van der Waals surface area contributed by atoms with Gasteiger partial charge in [-0.1, -0.05) is 105 Å². The van der Waals surface area contributed by atoms with Gasteiger partial charge in [0.05, 0.1) is 0 Å². The Hall–Kier alpha value is -2.03. The zero-order valence-corrected chi connectivity index (χ0v) is 16.8. The molecule has 138 valence electrons. The number of thiocarbonyl (C=S) groups is 1. The average Bonchev–Trinajstić information content (AvgIpc) is 2.71. The molecule has 0 amide bonds. The number of hydrogen-bond donors (Lipinski definition) is 1. The predicted molar refractivity (Wildman–Crippen MR) is 120 cm³/mol. The van der Waals surface area contributed by atoms with Gasteiger partial charge in [-0.25, -0.2) is 0 Å². The minimum atomic E-state index is 0.938. The molecular formula is C24H31NS. The van der Waals surface area contributed by atoms with E-state index in [9.17, 15) is 0 Å². The van der Waals surface area contributed by atoms with Crippen molar-refractivity contribution >= 4 is 17.6 Å². The average molecular weight is 366 g/mol. The molecule has 0 aromatic heterocycles. The van der Waals surface area contributed by atoms with Gasteiger partial charge in [-0.15, -0.1) is 0 Å². The standard InChI is InChI=1S/C16H21NS.C8H10/c1-2-15-8-10-16(11-9-15)14-17-12-6-4-3-5-7-13-18;1-2-8-6-4-3-5-7-8/h3-5,7-11,13,17H,2,6,12,14H2,1H3;3-7H,2H2,1H3/b4-3-,7-5-;. The van der Waals surface area contributed by atoms with Gasteiger partial charge in [0.15, 0.2) is 0 Å². The monoisotopic (exact) mass is 365 g/mol. The Morgan fingerprint density at radius 1 is 0.769 bits per heavy atom. The maximum absolute atomic E-state index is 4.69. The molecule has 26 heavy (non-hydrogen) atoms. The topological polar surface area (TPSA) is 12.0 Å². The summed E-state index contributed by atoms with van der Waals surface area (Å²) < 4.78 is 0. The molecule has 0 aliphatic heterocycles. The number of benzene rings is 2. The molecule has 2 rings (SSSR count). The summed E-state index contributed by atoms with van der Waals surface area (Å²) in [6.07, 6.45) is 11.3. The van der Waals surface area contributed by atoms with Crippen LogP contribution >= 0.6 is 12.2 Å². The van der Waals surface area contributed by atoms with Gasteiger partial charge in [-0.3, -0.25) is 0 Å². The molecule has 2 aromatic rings. The van der Waals surface area contributed by atoms with E-state index in [0.717, 1.165) is 32.4 Å². The smallest absolute Gasteiger partial charge is 0.0205 e. The lowest BCUT2D eigenvalue weighted by molar-refractivity contribution is 0.695. The van der Waals surface area contributed by atoms with Crippen LogP contribution in [0, 0.1) is 0 Å². The summed E-state index contributed by atoms with van der Waals surface area (Å²) in [7, 11) is 0. The highest BCUT2D eigenvalue weighted by molar-refractivity contribution is 7.79. The first-order valence-electron chi connectivity index (χ1n) is 9.39. The lowest BCUT2D eigenvalue weighted by atomic mass is 10.1. The first-order chi connectivity index (χ1) is 12.8. The molecule has 0 spiro atoms. The Labute approximate surface area is 164 Å². The molecule has 0 radical (unpaired) electrons. The second-order valence-corrected chi connectivity index (χ2v) is 6.20. The summed E-state index contributed by atoms with van der Waals surface area (Å²) in [5.74, 6) is 0. The van der Waals surface area contributed by atoms with Crippen LogP contribution in [0.4, 0.5) is 0 Å². The van der Waals surface area contributed by atoms with E-state index in [1.54, 1.807) is 5.37 Å². The number of allylic oxidation sites excluding steroid dienone is 3. The van der Waals surface area contributed by atoms with Crippen molar-refractivity contribution in [2.75, 3.05) is 6.54 Å². The first-order valence-corrected chi connectivity index (χ1v) is 9.86. The molecule has 0 atom stereocenters. The summed E-state index contributed by atoms with van der Waals surface area (Å²) in [5, 5.41) is 5.04. The second-order valence-electron chi connectivity index (χ2n) is 5.92. The van der Waals surface area contributed by atoms with Gasteiger partial charge in [-0.2, -0.15) is 0 Å². The van der Waals surface area contributed by atoms with Crippen LogP contribution in [-0.2, 0) is 19.4 Å². The minimum Gasteiger partial charge on any atom is -0.312 e. The molecule has 1 nitrogen and oxygen atoms in total. The van der Waals surface area contributed by atoms with Crippen LogP contribution in [0.15, 0.2) is 78.9 Å². The van der Waals surface area contributed by atoms with Crippen LogP contribution in [0.25, 0.3) is 0 Å². The lowest BCUT2D eigenvalue weighted by Crippen LogP contribution is -2.13. The molecular weight excluding hydrogens is 334 g/mol. The van der Waals surface area contributed by atoms with E-state index in [0.29, 0.717) is 0 Å². The lowest BCUT2D eigenvalue weighted by Gasteiger charge is -2.04. The number of hydrogen-bond acceptors (Lipinski definition) is 2. The quantitative estimate of drug-likeness (QED) is 0.250. The molecule has 0 bridgehead atoms. The van der Waals surface area contributed by atoms with Crippen molar-refractivity contribution in [2.24, 2.45) is 0 Å². The van der Waals surface area contributed by atoms with E-state index in [1.165, 1.54) is 16.7 Å². The van der Waals surface area contributed by atoms with Crippen LogP contribution in [0.3, 0.4) is 0 Å². The van der Waals surface area contributed by atoms with E-state index in [4.69, 9.17) is 0 Å². The first kappa shape index (κ1) is 22.0. The molecule has 0 saturated heterocycles. The highest BCUT2D eigenvalue weighted by Gasteiger charge is 1.92. The molecule has 0 saturated carbocycles. The highest BCUT2D eigenvalue weighted by Crippen LogP contribution is 2.04. The van der Waals surface area contributed by atoms with Crippen molar-refractivity contribution in [1.82, 2.24) is 5.32 Å². The molecule has 1 N–H and O–H groups in total. The fourth-order valence-electron chi connectivity index (χ4n) is 2.31. The predicted octanol–water partition coefficient (Wildman–Crippen LogP) is 6.09. The summed E-state index contributed by atoms with van der Waals surface area (Å²) in [6.45, 7) is 6.28. The zero-order chi connectivity index (χ0) is 18.9. The van der Waals surface area contributed by atoms with Gasteiger partial charge < -0.3 is 5.32 Å². The number of aryl methyl sites for hydroxylation is 2. The van der Waals surface area contributed by atoms with Crippen molar-refractivity contribution < 1.29 is 0 Å². The van der Waals surface area contributed by atoms with E-state index in [1.807, 2.05) is 24.3 Å². The number of nitrogens with one attached hydrogen (secondary N) is 1. The van der Waals surface area contributed by atoms with Crippen LogP contribution < -0.4 is 5.32 Å². The fraction of sp³-hybridized carbons (Fsp3) is 0.292.